The van der Waals surface area contributed by atoms with Gasteiger partial charge in [0.1, 0.15) is 5.75 Å². The molecule has 124 valence electrons. The summed E-state index contributed by atoms with van der Waals surface area (Å²) in [6.07, 6.45) is 1.36. The summed E-state index contributed by atoms with van der Waals surface area (Å²) in [4.78, 5) is 11.3. The van der Waals surface area contributed by atoms with Gasteiger partial charge in [-0.05, 0) is 23.8 Å². The van der Waals surface area contributed by atoms with Crippen LogP contribution in [0.5, 0.6) is 5.75 Å². The van der Waals surface area contributed by atoms with Crippen LogP contribution in [0.25, 0.3) is 0 Å². The Labute approximate surface area is 144 Å². The van der Waals surface area contributed by atoms with Crippen LogP contribution in [0.1, 0.15) is 21.5 Å². The minimum absolute atomic E-state index is 0.0869. The molecule has 0 saturated carbocycles. The number of carboxylic acids is 1. The largest absolute Gasteiger partial charge is 0.497 e. The first-order valence-electron chi connectivity index (χ1n) is 7.04. The van der Waals surface area contributed by atoms with Crippen molar-refractivity contribution in [3.63, 3.8) is 0 Å². The lowest BCUT2D eigenvalue weighted by Crippen LogP contribution is -2.06. The lowest BCUT2D eigenvalue weighted by Gasteiger charge is -2.04. The molecule has 7 heteroatoms. The van der Waals surface area contributed by atoms with Crippen molar-refractivity contribution in [1.82, 2.24) is 0 Å². The predicted octanol–water partition coefficient (Wildman–Crippen LogP) is 2.98. The summed E-state index contributed by atoms with van der Waals surface area (Å²) < 4.78 is 5.02. The van der Waals surface area contributed by atoms with Crippen molar-refractivity contribution >= 4 is 29.1 Å². The number of carboxylic acid groups (broad SMARTS) is 1. The van der Waals surface area contributed by atoms with E-state index in [0.29, 0.717) is 22.2 Å². The summed E-state index contributed by atoms with van der Waals surface area (Å²) in [5.74, 6) is 0.0888. The van der Waals surface area contributed by atoms with E-state index < -0.39 is 5.97 Å². The summed E-state index contributed by atoms with van der Waals surface area (Å²) in [6, 6.07) is 14.6. The molecule has 0 atom stereocenters. The van der Waals surface area contributed by atoms with Gasteiger partial charge in [-0.25, -0.2) is 4.79 Å². The molecule has 0 aromatic heterocycles. The van der Waals surface area contributed by atoms with Crippen LogP contribution in [0.15, 0.2) is 58.7 Å². The summed E-state index contributed by atoms with van der Waals surface area (Å²) in [7, 11) is 1.48. The van der Waals surface area contributed by atoms with E-state index in [9.17, 15) is 9.90 Å². The summed E-state index contributed by atoms with van der Waals surface area (Å²) >= 11 is 1.36. The average Bonchev–Trinajstić information content (AvgIpc) is 2.61. The van der Waals surface area contributed by atoms with Crippen LogP contribution in [0.4, 0.5) is 0 Å². The molecule has 0 saturated heterocycles. The van der Waals surface area contributed by atoms with Crippen molar-refractivity contribution in [2.45, 2.75) is 5.75 Å². The van der Waals surface area contributed by atoms with Gasteiger partial charge in [0.05, 0.1) is 18.9 Å². The molecule has 0 amide bonds. The molecule has 24 heavy (non-hydrogen) atoms. The van der Waals surface area contributed by atoms with Gasteiger partial charge in [0.15, 0.2) is 5.17 Å². The normalized spacial score (nSPS) is 11.6. The fraction of sp³-hybridized carbons (Fsp3) is 0.118. The first-order valence-corrected chi connectivity index (χ1v) is 8.03. The zero-order chi connectivity index (χ0) is 17.4. The van der Waals surface area contributed by atoms with E-state index in [4.69, 9.17) is 10.5 Å². The summed E-state index contributed by atoms with van der Waals surface area (Å²) in [5, 5.41) is 17.3. The lowest BCUT2D eigenvalue weighted by molar-refractivity contribution is 0.0696. The van der Waals surface area contributed by atoms with Crippen molar-refractivity contribution in [2.24, 2.45) is 15.9 Å². The fourth-order valence-electron chi connectivity index (χ4n) is 1.87. The van der Waals surface area contributed by atoms with E-state index in [1.54, 1.807) is 12.1 Å². The zero-order valence-electron chi connectivity index (χ0n) is 13.0. The quantitative estimate of drug-likeness (QED) is 0.477. The van der Waals surface area contributed by atoms with Gasteiger partial charge >= 0.3 is 5.97 Å². The van der Waals surface area contributed by atoms with Crippen molar-refractivity contribution in [3.8, 4) is 5.75 Å². The predicted molar refractivity (Wildman–Crippen MR) is 96.9 cm³/mol. The third-order valence-electron chi connectivity index (χ3n) is 3.07. The van der Waals surface area contributed by atoms with Gasteiger partial charge in [-0.2, -0.15) is 5.10 Å². The summed E-state index contributed by atoms with van der Waals surface area (Å²) in [6.45, 7) is 0. The molecule has 0 spiro atoms. The molecule has 2 aromatic rings. The van der Waals surface area contributed by atoms with Crippen molar-refractivity contribution < 1.29 is 14.6 Å². The fourth-order valence-corrected chi connectivity index (χ4v) is 2.48. The average molecular weight is 343 g/mol. The highest BCUT2D eigenvalue weighted by atomic mass is 32.2. The number of ether oxygens (including phenoxy) is 1. The van der Waals surface area contributed by atoms with E-state index in [1.807, 2.05) is 30.3 Å². The molecule has 0 unspecified atom stereocenters. The van der Waals surface area contributed by atoms with Gasteiger partial charge in [0, 0.05) is 11.3 Å². The SMILES string of the molecule is COc1ccc(C=NN=C(N)SCc2ccccc2)c(C(=O)O)c1. The standard InChI is InChI=1S/C17H17N3O3S/c1-23-14-8-7-13(15(9-14)16(21)22)10-19-20-17(18)24-11-12-5-3-2-4-6-12/h2-10H,11H2,1H3,(H2,18,20)(H,21,22). The monoisotopic (exact) mass is 343 g/mol. The molecule has 0 radical (unpaired) electrons. The molecular formula is C17H17N3O3S. The van der Waals surface area contributed by atoms with Gasteiger partial charge in [-0.1, -0.05) is 42.1 Å². The maximum Gasteiger partial charge on any atom is 0.336 e. The number of rotatable bonds is 6. The first-order chi connectivity index (χ1) is 11.6. The number of thioether (sulfide) groups is 1. The second-order valence-electron chi connectivity index (χ2n) is 4.72. The van der Waals surface area contributed by atoms with E-state index in [-0.39, 0.29) is 5.56 Å². The number of amidine groups is 1. The number of benzene rings is 2. The Hall–Kier alpha value is -2.80. The number of aromatic carboxylic acids is 1. The zero-order valence-corrected chi connectivity index (χ0v) is 13.9. The van der Waals surface area contributed by atoms with E-state index >= 15 is 0 Å². The minimum atomic E-state index is -1.06. The van der Waals surface area contributed by atoms with Crippen LogP contribution in [0.3, 0.4) is 0 Å². The third-order valence-corrected chi connectivity index (χ3v) is 3.93. The van der Waals surface area contributed by atoms with Crippen LogP contribution >= 0.6 is 11.8 Å². The van der Waals surface area contributed by atoms with Crippen LogP contribution < -0.4 is 10.5 Å². The molecule has 0 aliphatic carbocycles. The van der Waals surface area contributed by atoms with Gasteiger partial charge < -0.3 is 15.6 Å². The summed E-state index contributed by atoms with van der Waals surface area (Å²) in [5.41, 5.74) is 7.44. The number of nitrogens with two attached hydrogens (primary N) is 1. The first kappa shape index (κ1) is 17.6. The molecular weight excluding hydrogens is 326 g/mol. The highest BCUT2D eigenvalue weighted by Crippen LogP contribution is 2.17. The number of hydrogen-bond donors (Lipinski definition) is 2. The van der Waals surface area contributed by atoms with Gasteiger partial charge in [0.25, 0.3) is 0 Å². The maximum absolute atomic E-state index is 11.3. The smallest absolute Gasteiger partial charge is 0.336 e. The highest BCUT2D eigenvalue weighted by Gasteiger charge is 2.09. The Morgan fingerprint density at radius 2 is 2.04 bits per heavy atom. The molecule has 0 heterocycles. The molecule has 2 rings (SSSR count). The Balaban J connectivity index is 2.03. The van der Waals surface area contributed by atoms with E-state index in [1.165, 1.54) is 31.2 Å². The highest BCUT2D eigenvalue weighted by molar-refractivity contribution is 8.13. The van der Waals surface area contributed by atoms with Gasteiger partial charge in [-0.3, -0.25) is 0 Å². The molecule has 2 aromatic carbocycles. The molecule has 0 aliphatic rings. The minimum Gasteiger partial charge on any atom is -0.497 e. The van der Waals surface area contributed by atoms with Crippen LogP contribution in [0, 0.1) is 0 Å². The Morgan fingerprint density at radius 1 is 1.29 bits per heavy atom. The number of carbonyl (C=O) groups is 1. The number of hydrogen-bond acceptors (Lipinski definition) is 5. The lowest BCUT2D eigenvalue weighted by atomic mass is 10.1. The number of nitrogens with zero attached hydrogens (tertiary/aromatic N) is 2. The van der Waals surface area contributed by atoms with Crippen molar-refractivity contribution in [1.29, 1.82) is 0 Å². The van der Waals surface area contributed by atoms with Crippen LogP contribution in [0.2, 0.25) is 0 Å². The molecule has 0 bridgehead atoms. The second kappa shape index (κ2) is 8.73. The van der Waals surface area contributed by atoms with Gasteiger partial charge in [0.2, 0.25) is 0 Å². The van der Waals surface area contributed by atoms with Crippen LogP contribution in [-0.4, -0.2) is 29.6 Å². The van der Waals surface area contributed by atoms with Crippen molar-refractivity contribution in [3.05, 3.63) is 65.2 Å². The molecule has 0 aliphatic heterocycles. The molecule has 0 fully saturated rings. The topological polar surface area (TPSA) is 97.3 Å². The molecule has 6 nitrogen and oxygen atoms in total. The Kier molecular flexibility index (Phi) is 6.39. The number of methoxy groups -OCH3 is 1. The molecule has 3 N–H and O–H groups in total. The Bertz CT molecular complexity index is 761. The maximum atomic E-state index is 11.3. The van der Waals surface area contributed by atoms with Gasteiger partial charge in [-0.15, -0.1) is 5.10 Å². The van der Waals surface area contributed by atoms with E-state index in [2.05, 4.69) is 10.2 Å². The second-order valence-corrected chi connectivity index (χ2v) is 5.71. The third kappa shape index (κ3) is 5.13. The Morgan fingerprint density at radius 3 is 2.71 bits per heavy atom. The van der Waals surface area contributed by atoms with Crippen LogP contribution in [-0.2, 0) is 5.75 Å². The van der Waals surface area contributed by atoms with E-state index in [0.717, 1.165) is 5.56 Å². The van der Waals surface area contributed by atoms with Crippen molar-refractivity contribution in [2.75, 3.05) is 7.11 Å².